The van der Waals surface area contributed by atoms with Crippen LogP contribution in [0.4, 0.5) is 5.69 Å². The van der Waals surface area contributed by atoms with Crippen LogP contribution in [0.1, 0.15) is 57.4 Å². The highest BCUT2D eigenvalue weighted by Gasteiger charge is 2.43. The maximum Gasteiger partial charge on any atom is 0.220 e. The molecule has 1 heterocycles. The van der Waals surface area contributed by atoms with Crippen LogP contribution in [0.5, 0.6) is 0 Å². The van der Waals surface area contributed by atoms with Gasteiger partial charge in [0.15, 0.2) is 0 Å². The van der Waals surface area contributed by atoms with Crippen molar-refractivity contribution >= 4 is 49.5 Å². The third-order valence-electron chi connectivity index (χ3n) is 4.78. The Labute approximate surface area is 159 Å². The molecule has 0 amide bonds. The van der Waals surface area contributed by atoms with Gasteiger partial charge in [-0.25, -0.2) is 4.99 Å². The number of nitrogens with zero attached hydrogens (tertiary/aromatic N) is 3. The lowest BCUT2D eigenvalue weighted by Crippen LogP contribution is -2.58. The van der Waals surface area contributed by atoms with Crippen molar-refractivity contribution in [2.75, 3.05) is 4.90 Å². The van der Waals surface area contributed by atoms with Gasteiger partial charge >= 0.3 is 0 Å². The number of halogens is 2. The first-order valence-electron chi connectivity index (χ1n) is 8.33. The van der Waals surface area contributed by atoms with Crippen molar-refractivity contribution < 1.29 is 0 Å². The Kier molecular flexibility index (Phi) is 4.93. The molecule has 1 fully saturated rings. The summed E-state index contributed by atoms with van der Waals surface area (Å²) in [4.78, 5) is 11.0. The smallest absolute Gasteiger partial charge is 0.220 e. The van der Waals surface area contributed by atoms with E-state index < -0.39 is 5.66 Å². The summed E-state index contributed by atoms with van der Waals surface area (Å²) in [6, 6.07) is 4.30. The summed E-state index contributed by atoms with van der Waals surface area (Å²) in [6.45, 7) is 4.36. The number of rotatable bonds is 2. The number of hydrogen-bond acceptors (Lipinski definition) is 5. The average Bonchev–Trinajstić information content (AvgIpc) is 2.49. The predicted octanol–water partition coefficient (Wildman–Crippen LogP) is 4.44. The van der Waals surface area contributed by atoms with Gasteiger partial charge in [-0.2, -0.15) is 4.99 Å². The molecule has 4 N–H and O–H groups in total. The van der Waals surface area contributed by atoms with Gasteiger partial charge in [0.25, 0.3) is 0 Å². The van der Waals surface area contributed by atoms with E-state index in [1.807, 2.05) is 0 Å². The highest BCUT2D eigenvalue weighted by Crippen LogP contribution is 2.45. The van der Waals surface area contributed by atoms with E-state index in [1.54, 1.807) is 0 Å². The Morgan fingerprint density at radius 2 is 1.67 bits per heavy atom. The van der Waals surface area contributed by atoms with E-state index in [4.69, 9.17) is 16.5 Å². The second-order valence-corrected chi connectivity index (χ2v) is 8.52. The van der Waals surface area contributed by atoms with Gasteiger partial charge in [-0.1, -0.05) is 20.3 Å². The fourth-order valence-electron chi connectivity index (χ4n) is 3.58. The molecule has 1 aromatic rings. The molecule has 0 saturated heterocycles. The van der Waals surface area contributed by atoms with Crippen molar-refractivity contribution in [2.24, 2.45) is 21.5 Å². The molecule has 0 bridgehead atoms. The lowest BCUT2D eigenvalue weighted by atomic mass is 9.87. The summed E-state index contributed by atoms with van der Waals surface area (Å²) in [5, 5.41) is 0. The number of anilines is 1. The van der Waals surface area contributed by atoms with Crippen LogP contribution in [0.15, 0.2) is 31.1 Å². The Balaban J connectivity index is 2.14. The van der Waals surface area contributed by atoms with Gasteiger partial charge < -0.3 is 11.5 Å². The molecule has 5 nitrogen and oxygen atoms in total. The molecule has 1 aliphatic heterocycles. The maximum atomic E-state index is 6.32. The minimum Gasteiger partial charge on any atom is -0.369 e. The van der Waals surface area contributed by atoms with Crippen molar-refractivity contribution in [1.82, 2.24) is 0 Å². The molecule has 0 aromatic heterocycles. The molecule has 0 radical (unpaired) electrons. The number of nitrogens with two attached hydrogens (primary N) is 2. The van der Waals surface area contributed by atoms with Crippen molar-refractivity contribution in [1.29, 1.82) is 0 Å². The lowest BCUT2D eigenvalue weighted by molar-refractivity contribution is 0.305. The summed E-state index contributed by atoms with van der Waals surface area (Å²) in [5.41, 5.74) is 14.1. The van der Waals surface area contributed by atoms with Gasteiger partial charge in [0.2, 0.25) is 11.9 Å². The zero-order valence-corrected chi connectivity index (χ0v) is 17.2. The van der Waals surface area contributed by atoms with Gasteiger partial charge in [0.1, 0.15) is 5.66 Å². The van der Waals surface area contributed by atoms with Crippen LogP contribution in [0, 0.1) is 0 Å². The summed E-state index contributed by atoms with van der Waals surface area (Å²) < 4.78 is 1.97. The molecule has 1 saturated carbocycles. The Hall–Kier alpha value is -1.08. The van der Waals surface area contributed by atoms with Gasteiger partial charge in [-0.05, 0) is 81.2 Å². The van der Waals surface area contributed by atoms with E-state index in [9.17, 15) is 0 Å². The monoisotopic (exact) mass is 455 g/mol. The van der Waals surface area contributed by atoms with Crippen LogP contribution in [-0.4, -0.2) is 17.6 Å². The zero-order chi connectivity index (χ0) is 17.5. The molecule has 24 heavy (non-hydrogen) atoms. The molecule has 1 aromatic carbocycles. The van der Waals surface area contributed by atoms with Gasteiger partial charge in [0, 0.05) is 8.95 Å². The fourth-order valence-corrected chi connectivity index (χ4v) is 5.15. The highest BCUT2D eigenvalue weighted by molar-refractivity contribution is 9.11. The van der Waals surface area contributed by atoms with Gasteiger partial charge in [-0.3, -0.25) is 4.90 Å². The van der Waals surface area contributed by atoms with Crippen LogP contribution in [-0.2, 0) is 0 Å². The topological polar surface area (TPSA) is 80.0 Å². The van der Waals surface area contributed by atoms with Crippen LogP contribution in [0.3, 0.4) is 0 Å². The third kappa shape index (κ3) is 3.08. The quantitative estimate of drug-likeness (QED) is 0.689. The number of benzene rings is 1. The standard InChI is InChI=1S/C17H23Br2N5/c1-10(2)11-8-12(18)14(13(19)9-11)24-16(21)22-15(20)23-17(24)6-4-3-5-7-17/h8-10H,3-7H2,1-2H3,(H4,20,21,22,23). The summed E-state index contributed by atoms with van der Waals surface area (Å²) in [7, 11) is 0. The highest BCUT2D eigenvalue weighted by atomic mass is 79.9. The Morgan fingerprint density at radius 1 is 1.08 bits per heavy atom. The number of aliphatic imine (C=N–C) groups is 2. The van der Waals surface area contributed by atoms with Crippen molar-refractivity contribution in [3.05, 3.63) is 26.6 Å². The summed E-state index contributed by atoms with van der Waals surface area (Å²) in [6.07, 6.45) is 5.29. The number of guanidine groups is 2. The maximum absolute atomic E-state index is 6.32. The third-order valence-corrected chi connectivity index (χ3v) is 5.99. The first-order chi connectivity index (χ1) is 11.3. The largest absolute Gasteiger partial charge is 0.369 e. The molecular weight excluding hydrogens is 434 g/mol. The molecule has 0 unspecified atom stereocenters. The molecule has 130 valence electrons. The van der Waals surface area contributed by atoms with E-state index in [-0.39, 0.29) is 5.96 Å². The molecule has 0 atom stereocenters. The van der Waals surface area contributed by atoms with E-state index in [0.29, 0.717) is 11.9 Å². The Bertz CT molecular complexity index is 682. The van der Waals surface area contributed by atoms with E-state index in [2.05, 4.69) is 67.7 Å². The molecule has 3 rings (SSSR count). The summed E-state index contributed by atoms with van der Waals surface area (Å²) in [5.74, 6) is 1.12. The predicted molar refractivity (Wildman–Crippen MR) is 107 cm³/mol. The Morgan fingerprint density at radius 3 is 2.21 bits per heavy atom. The fraction of sp³-hybridized carbons (Fsp3) is 0.529. The lowest BCUT2D eigenvalue weighted by Gasteiger charge is -2.46. The van der Waals surface area contributed by atoms with Crippen LogP contribution in [0.2, 0.25) is 0 Å². The second-order valence-electron chi connectivity index (χ2n) is 6.81. The van der Waals surface area contributed by atoms with Crippen LogP contribution in [0.25, 0.3) is 0 Å². The van der Waals surface area contributed by atoms with E-state index in [0.717, 1.165) is 40.3 Å². The number of hydrogen-bond donors (Lipinski definition) is 2. The average molecular weight is 457 g/mol. The first-order valence-corrected chi connectivity index (χ1v) is 9.91. The normalized spacial score (nSPS) is 20.3. The molecular formula is C17H23Br2N5. The molecule has 1 aliphatic carbocycles. The van der Waals surface area contributed by atoms with E-state index >= 15 is 0 Å². The van der Waals surface area contributed by atoms with Gasteiger partial charge in [0.05, 0.1) is 5.69 Å². The van der Waals surface area contributed by atoms with Crippen LogP contribution < -0.4 is 16.4 Å². The molecule has 1 spiro atoms. The minimum atomic E-state index is -0.432. The molecule has 2 aliphatic rings. The SMILES string of the molecule is CC(C)c1cc(Br)c(N2C(N)=NC(N)=NC23CCCCC3)c(Br)c1. The first kappa shape index (κ1) is 17.7. The van der Waals surface area contributed by atoms with Crippen molar-refractivity contribution in [3.8, 4) is 0 Å². The van der Waals surface area contributed by atoms with Gasteiger partial charge in [-0.15, -0.1) is 0 Å². The van der Waals surface area contributed by atoms with Crippen molar-refractivity contribution in [3.63, 3.8) is 0 Å². The van der Waals surface area contributed by atoms with Crippen LogP contribution >= 0.6 is 31.9 Å². The minimum absolute atomic E-state index is 0.275. The van der Waals surface area contributed by atoms with E-state index in [1.165, 1.54) is 12.0 Å². The molecule has 7 heteroatoms. The summed E-state index contributed by atoms with van der Waals surface area (Å²) >= 11 is 7.46. The zero-order valence-electron chi connectivity index (χ0n) is 14.0. The van der Waals surface area contributed by atoms with Crippen molar-refractivity contribution in [2.45, 2.75) is 57.5 Å². The second kappa shape index (κ2) is 6.67.